The van der Waals surface area contributed by atoms with E-state index in [4.69, 9.17) is 16.3 Å². The van der Waals surface area contributed by atoms with Gasteiger partial charge in [0.05, 0.1) is 23.9 Å². The maximum absolute atomic E-state index is 12.2. The van der Waals surface area contributed by atoms with Gasteiger partial charge in [0.15, 0.2) is 0 Å². The smallest absolute Gasteiger partial charge is 0.323 e. The number of carbonyl (C=O) groups excluding carboxylic acids is 1. The first-order valence-electron chi connectivity index (χ1n) is 9.95. The highest BCUT2D eigenvalue weighted by Gasteiger charge is 2.15. The first kappa shape index (κ1) is 20.9. The van der Waals surface area contributed by atoms with Crippen LogP contribution in [0.4, 0.5) is 33.6 Å². The number of benzene rings is 2. The minimum atomic E-state index is -0.365. The van der Waals surface area contributed by atoms with Gasteiger partial charge in [0.2, 0.25) is 5.95 Å². The van der Waals surface area contributed by atoms with Gasteiger partial charge in [0, 0.05) is 36.2 Å². The second-order valence-electron chi connectivity index (χ2n) is 7.06. The quantitative estimate of drug-likeness (QED) is 0.536. The van der Waals surface area contributed by atoms with Gasteiger partial charge in [-0.1, -0.05) is 23.7 Å². The molecular formula is C22H23ClN6O2. The molecule has 0 bridgehead atoms. The molecule has 2 amide bonds. The number of nitrogens with one attached hydrogen (secondary N) is 3. The van der Waals surface area contributed by atoms with Gasteiger partial charge in [-0.25, -0.2) is 9.78 Å². The fourth-order valence-corrected chi connectivity index (χ4v) is 3.34. The Morgan fingerprint density at radius 2 is 1.71 bits per heavy atom. The van der Waals surface area contributed by atoms with Crippen LogP contribution < -0.4 is 20.9 Å². The van der Waals surface area contributed by atoms with Crippen LogP contribution >= 0.6 is 11.6 Å². The number of anilines is 5. The molecule has 160 valence electrons. The van der Waals surface area contributed by atoms with Gasteiger partial charge in [0.1, 0.15) is 5.82 Å². The van der Waals surface area contributed by atoms with E-state index in [1.807, 2.05) is 37.3 Å². The maximum Gasteiger partial charge on any atom is 0.323 e. The van der Waals surface area contributed by atoms with Crippen molar-refractivity contribution >= 4 is 46.5 Å². The van der Waals surface area contributed by atoms with Crippen LogP contribution in [0.15, 0.2) is 54.6 Å². The van der Waals surface area contributed by atoms with Crippen molar-refractivity contribution in [2.45, 2.75) is 6.92 Å². The molecule has 0 saturated carbocycles. The second kappa shape index (κ2) is 9.63. The van der Waals surface area contributed by atoms with E-state index >= 15 is 0 Å². The van der Waals surface area contributed by atoms with E-state index in [0.717, 1.165) is 24.5 Å². The molecule has 31 heavy (non-hydrogen) atoms. The van der Waals surface area contributed by atoms with Crippen LogP contribution in [0, 0.1) is 6.92 Å². The van der Waals surface area contributed by atoms with Gasteiger partial charge >= 0.3 is 6.03 Å². The van der Waals surface area contributed by atoms with E-state index < -0.39 is 0 Å². The summed E-state index contributed by atoms with van der Waals surface area (Å²) < 4.78 is 5.40. The number of para-hydroxylation sites is 1. The zero-order chi connectivity index (χ0) is 21.6. The Balaban J connectivity index is 1.39. The summed E-state index contributed by atoms with van der Waals surface area (Å²) in [6.45, 7) is 4.86. The van der Waals surface area contributed by atoms with Crippen LogP contribution in [0.1, 0.15) is 5.69 Å². The Morgan fingerprint density at radius 3 is 2.45 bits per heavy atom. The normalized spacial score (nSPS) is 13.5. The topological polar surface area (TPSA) is 91.4 Å². The van der Waals surface area contributed by atoms with Crippen molar-refractivity contribution in [1.82, 2.24) is 9.97 Å². The first-order valence-corrected chi connectivity index (χ1v) is 10.3. The number of aromatic nitrogens is 2. The first-order chi connectivity index (χ1) is 15.1. The molecule has 9 heteroatoms. The lowest BCUT2D eigenvalue weighted by Crippen LogP contribution is -2.37. The molecule has 0 atom stereocenters. The van der Waals surface area contributed by atoms with Crippen molar-refractivity contribution in [3.05, 3.63) is 65.3 Å². The van der Waals surface area contributed by atoms with Crippen LogP contribution in [-0.2, 0) is 4.74 Å². The van der Waals surface area contributed by atoms with Gasteiger partial charge in [0.25, 0.3) is 0 Å². The fourth-order valence-electron chi connectivity index (χ4n) is 3.15. The summed E-state index contributed by atoms with van der Waals surface area (Å²) in [7, 11) is 0. The van der Waals surface area contributed by atoms with Crippen LogP contribution in [0.25, 0.3) is 0 Å². The minimum absolute atomic E-state index is 0.365. The molecule has 1 saturated heterocycles. The Morgan fingerprint density at radius 1 is 1.00 bits per heavy atom. The average Bonchev–Trinajstić information content (AvgIpc) is 2.77. The summed E-state index contributed by atoms with van der Waals surface area (Å²) in [6, 6.07) is 16.0. The molecule has 3 N–H and O–H groups in total. The minimum Gasteiger partial charge on any atom is -0.378 e. The molecule has 3 aromatic rings. The molecule has 0 radical (unpaired) electrons. The molecule has 1 aliphatic rings. The lowest BCUT2D eigenvalue weighted by atomic mass is 10.2. The van der Waals surface area contributed by atoms with Gasteiger partial charge < -0.3 is 25.6 Å². The summed E-state index contributed by atoms with van der Waals surface area (Å²) in [4.78, 5) is 23.5. The Bertz CT molecular complexity index is 1050. The van der Waals surface area contributed by atoms with Crippen molar-refractivity contribution in [3.63, 3.8) is 0 Å². The molecule has 4 rings (SSSR count). The largest absolute Gasteiger partial charge is 0.378 e. The number of amides is 2. The van der Waals surface area contributed by atoms with Gasteiger partial charge in [-0.15, -0.1) is 0 Å². The molecule has 1 fully saturated rings. The third-order valence-electron chi connectivity index (χ3n) is 4.67. The molecule has 1 aliphatic heterocycles. The summed E-state index contributed by atoms with van der Waals surface area (Å²) >= 11 is 6.07. The summed E-state index contributed by atoms with van der Waals surface area (Å²) in [6.07, 6.45) is 0. The molecule has 2 aromatic carbocycles. The van der Waals surface area contributed by atoms with Crippen LogP contribution in [0.2, 0.25) is 5.02 Å². The molecule has 1 aromatic heterocycles. The number of urea groups is 1. The SMILES string of the molecule is Cc1cc(Nc2ccc(NC(=O)Nc3ccccc3Cl)cc2)nc(N2CCOCC2)n1. The zero-order valence-electron chi connectivity index (χ0n) is 17.1. The molecule has 0 spiro atoms. The highest BCUT2D eigenvalue weighted by Crippen LogP contribution is 2.22. The lowest BCUT2D eigenvalue weighted by Gasteiger charge is -2.27. The third kappa shape index (κ3) is 5.62. The second-order valence-corrected chi connectivity index (χ2v) is 7.46. The number of aryl methyl sites for hydroxylation is 1. The highest BCUT2D eigenvalue weighted by atomic mass is 35.5. The fraction of sp³-hybridized carbons (Fsp3) is 0.227. The molecule has 2 heterocycles. The number of ether oxygens (including phenoxy) is 1. The number of halogens is 1. The third-order valence-corrected chi connectivity index (χ3v) is 5.00. The monoisotopic (exact) mass is 438 g/mol. The molecule has 0 aliphatic carbocycles. The predicted molar refractivity (Wildman–Crippen MR) is 124 cm³/mol. The van der Waals surface area contributed by atoms with E-state index in [0.29, 0.717) is 41.4 Å². The number of hydrogen-bond donors (Lipinski definition) is 3. The average molecular weight is 439 g/mol. The van der Waals surface area contributed by atoms with E-state index in [1.54, 1.807) is 24.3 Å². The van der Waals surface area contributed by atoms with Crippen LogP contribution in [0.3, 0.4) is 0 Å². The van der Waals surface area contributed by atoms with Crippen LogP contribution in [0.5, 0.6) is 0 Å². The summed E-state index contributed by atoms with van der Waals surface area (Å²) in [5.41, 5.74) is 2.94. The number of carbonyl (C=O) groups is 1. The van der Waals surface area contributed by atoms with Crippen molar-refractivity contribution in [1.29, 1.82) is 0 Å². The van der Waals surface area contributed by atoms with Crippen molar-refractivity contribution in [3.8, 4) is 0 Å². The molecule has 0 unspecified atom stereocenters. The Hall–Kier alpha value is -3.36. The maximum atomic E-state index is 12.2. The Kier molecular flexibility index (Phi) is 6.49. The van der Waals surface area contributed by atoms with Crippen molar-refractivity contribution in [2.24, 2.45) is 0 Å². The van der Waals surface area contributed by atoms with Crippen molar-refractivity contribution < 1.29 is 9.53 Å². The Labute approximate surface area is 185 Å². The highest BCUT2D eigenvalue weighted by molar-refractivity contribution is 6.33. The number of nitrogens with zero attached hydrogens (tertiary/aromatic N) is 3. The summed E-state index contributed by atoms with van der Waals surface area (Å²) in [5, 5.41) is 9.30. The predicted octanol–water partition coefficient (Wildman–Crippen LogP) is 4.66. The number of hydrogen-bond acceptors (Lipinski definition) is 6. The van der Waals surface area contributed by atoms with E-state index in [1.165, 1.54) is 0 Å². The number of rotatable bonds is 5. The van der Waals surface area contributed by atoms with E-state index in [2.05, 4.69) is 30.8 Å². The van der Waals surface area contributed by atoms with Gasteiger partial charge in [-0.05, 0) is 43.3 Å². The summed E-state index contributed by atoms with van der Waals surface area (Å²) in [5.74, 6) is 1.41. The van der Waals surface area contributed by atoms with Gasteiger partial charge in [-0.3, -0.25) is 0 Å². The standard InChI is InChI=1S/C22H23ClN6O2/c1-15-14-20(28-21(24-15)29-10-12-31-13-11-29)25-16-6-8-17(9-7-16)26-22(30)27-19-5-3-2-4-18(19)23/h2-9,14H,10-13H2,1H3,(H,24,25,28)(H2,26,27,30). The number of morpholine rings is 1. The van der Waals surface area contributed by atoms with E-state index in [9.17, 15) is 4.79 Å². The van der Waals surface area contributed by atoms with Crippen molar-refractivity contribution in [2.75, 3.05) is 47.2 Å². The molecule has 8 nitrogen and oxygen atoms in total. The zero-order valence-corrected chi connectivity index (χ0v) is 17.8. The van der Waals surface area contributed by atoms with Crippen LogP contribution in [-0.4, -0.2) is 42.3 Å². The lowest BCUT2D eigenvalue weighted by molar-refractivity contribution is 0.122. The van der Waals surface area contributed by atoms with E-state index in [-0.39, 0.29) is 6.03 Å². The van der Waals surface area contributed by atoms with Gasteiger partial charge in [-0.2, -0.15) is 4.98 Å². The molecular weight excluding hydrogens is 416 g/mol.